The Bertz CT molecular complexity index is 947. The van der Waals surface area contributed by atoms with Gasteiger partial charge in [0.2, 0.25) is 5.91 Å². The van der Waals surface area contributed by atoms with Crippen molar-refractivity contribution in [2.45, 2.75) is 19.3 Å². The van der Waals surface area contributed by atoms with Crippen LogP contribution in [-0.2, 0) is 4.79 Å². The van der Waals surface area contributed by atoms with Crippen molar-refractivity contribution in [2.75, 3.05) is 0 Å². The molecule has 0 spiro atoms. The molecule has 1 saturated carbocycles. The third-order valence-electron chi connectivity index (χ3n) is 5.10. The molecule has 3 heteroatoms. The van der Waals surface area contributed by atoms with Crippen LogP contribution in [0.15, 0.2) is 90.0 Å². The predicted octanol–water partition coefficient (Wildman–Crippen LogP) is 5.00. The lowest BCUT2D eigenvalue weighted by atomic mass is 10.0. The van der Waals surface area contributed by atoms with Crippen molar-refractivity contribution in [3.05, 3.63) is 96.1 Å². The quantitative estimate of drug-likeness (QED) is 0.508. The Morgan fingerprint density at radius 2 is 1.44 bits per heavy atom. The maximum absolute atomic E-state index is 12.3. The number of hydrazone groups is 1. The number of benzene rings is 3. The summed E-state index contributed by atoms with van der Waals surface area (Å²) in [6, 6.07) is 28.7. The first-order chi connectivity index (χ1) is 13.2. The van der Waals surface area contributed by atoms with Crippen LogP contribution in [0.5, 0.6) is 0 Å². The predicted molar refractivity (Wildman–Crippen MR) is 110 cm³/mol. The maximum Gasteiger partial charge on any atom is 0.243 e. The van der Waals surface area contributed by atoms with Gasteiger partial charge in [-0.2, -0.15) is 5.10 Å². The summed E-state index contributed by atoms with van der Waals surface area (Å²) in [4.78, 5) is 12.3. The minimum absolute atomic E-state index is 0.00380. The fraction of sp³-hybridized carbons (Fsp3) is 0.167. The van der Waals surface area contributed by atoms with Gasteiger partial charge in [-0.05, 0) is 41.5 Å². The van der Waals surface area contributed by atoms with Gasteiger partial charge in [0.25, 0.3) is 0 Å². The molecular formula is C24H22N2O. The molecule has 1 fully saturated rings. The van der Waals surface area contributed by atoms with Gasteiger partial charge in [-0.25, -0.2) is 5.43 Å². The topological polar surface area (TPSA) is 41.5 Å². The average Bonchev–Trinajstić information content (AvgIpc) is 3.54. The molecule has 3 aromatic carbocycles. The summed E-state index contributed by atoms with van der Waals surface area (Å²) in [5.74, 6) is 0.361. The van der Waals surface area contributed by atoms with E-state index in [2.05, 4.69) is 46.9 Å². The number of carbonyl (C=O) groups is 1. The number of hydrogen-bond acceptors (Lipinski definition) is 2. The van der Waals surface area contributed by atoms with Crippen molar-refractivity contribution in [1.29, 1.82) is 0 Å². The van der Waals surface area contributed by atoms with E-state index in [9.17, 15) is 4.79 Å². The molecule has 3 nitrogen and oxygen atoms in total. The number of hydrogen-bond donors (Lipinski definition) is 1. The van der Waals surface area contributed by atoms with E-state index in [-0.39, 0.29) is 11.8 Å². The highest BCUT2D eigenvalue weighted by Crippen LogP contribution is 2.47. The Balaban J connectivity index is 1.38. The number of nitrogens with one attached hydrogen (secondary N) is 1. The largest absolute Gasteiger partial charge is 0.273 e. The smallest absolute Gasteiger partial charge is 0.243 e. The van der Waals surface area contributed by atoms with Crippen LogP contribution in [0.3, 0.4) is 0 Å². The fourth-order valence-corrected chi connectivity index (χ4v) is 3.37. The third-order valence-corrected chi connectivity index (χ3v) is 5.10. The summed E-state index contributed by atoms with van der Waals surface area (Å²) < 4.78 is 0. The molecular weight excluding hydrogens is 332 g/mol. The first-order valence-corrected chi connectivity index (χ1v) is 9.27. The van der Waals surface area contributed by atoms with Crippen LogP contribution in [0.2, 0.25) is 0 Å². The van der Waals surface area contributed by atoms with Crippen LogP contribution in [0.25, 0.3) is 11.1 Å². The molecule has 1 aliphatic rings. The van der Waals surface area contributed by atoms with Gasteiger partial charge in [-0.3, -0.25) is 4.79 Å². The summed E-state index contributed by atoms with van der Waals surface area (Å²) in [5, 5.41) is 4.30. The Kier molecular flexibility index (Phi) is 4.84. The lowest BCUT2D eigenvalue weighted by Gasteiger charge is -2.05. The summed E-state index contributed by atoms with van der Waals surface area (Å²) in [5.41, 5.74) is 8.13. The maximum atomic E-state index is 12.3. The zero-order chi connectivity index (χ0) is 18.6. The highest BCUT2D eigenvalue weighted by atomic mass is 16.2. The SMILES string of the molecule is C/C(=N/NC(=O)[C@@H]1C[C@@H]1c1ccccc1)c1ccc(-c2ccccc2)cc1. The summed E-state index contributed by atoms with van der Waals surface area (Å²) in [7, 11) is 0. The van der Waals surface area contributed by atoms with Gasteiger partial charge >= 0.3 is 0 Å². The second kappa shape index (κ2) is 7.58. The van der Waals surface area contributed by atoms with Gasteiger partial charge < -0.3 is 0 Å². The highest BCUT2D eigenvalue weighted by Gasteiger charge is 2.43. The zero-order valence-corrected chi connectivity index (χ0v) is 15.3. The second-order valence-electron chi connectivity index (χ2n) is 6.98. The molecule has 3 aromatic rings. The number of amides is 1. The first kappa shape index (κ1) is 17.2. The van der Waals surface area contributed by atoms with Crippen molar-refractivity contribution in [3.63, 3.8) is 0 Å². The van der Waals surface area contributed by atoms with Crippen LogP contribution in [-0.4, -0.2) is 11.6 Å². The molecule has 0 bridgehead atoms. The van der Waals surface area contributed by atoms with E-state index in [0.29, 0.717) is 5.92 Å². The molecule has 27 heavy (non-hydrogen) atoms. The van der Waals surface area contributed by atoms with E-state index in [1.54, 1.807) is 0 Å². The monoisotopic (exact) mass is 354 g/mol. The summed E-state index contributed by atoms with van der Waals surface area (Å²) in [6.07, 6.45) is 0.899. The van der Waals surface area contributed by atoms with Gasteiger partial charge in [0.05, 0.1) is 5.71 Å². The van der Waals surface area contributed by atoms with Crippen molar-refractivity contribution >= 4 is 11.6 Å². The van der Waals surface area contributed by atoms with Gasteiger partial charge in [0.15, 0.2) is 0 Å². The molecule has 1 N–H and O–H groups in total. The van der Waals surface area contributed by atoms with Crippen LogP contribution in [0.1, 0.15) is 30.4 Å². The fourth-order valence-electron chi connectivity index (χ4n) is 3.37. The van der Waals surface area contributed by atoms with Crippen LogP contribution in [0, 0.1) is 5.92 Å². The Hall–Kier alpha value is -3.20. The van der Waals surface area contributed by atoms with Gasteiger partial charge in [-0.1, -0.05) is 84.9 Å². The average molecular weight is 354 g/mol. The lowest BCUT2D eigenvalue weighted by Crippen LogP contribution is -2.21. The van der Waals surface area contributed by atoms with E-state index in [0.717, 1.165) is 17.7 Å². The molecule has 4 rings (SSSR count). The first-order valence-electron chi connectivity index (χ1n) is 9.27. The lowest BCUT2D eigenvalue weighted by molar-refractivity contribution is -0.122. The molecule has 0 heterocycles. The molecule has 0 aromatic heterocycles. The van der Waals surface area contributed by atoms with E-state index in [4.69, 9.17) is 0 Å². The second-order valence-corrected chi connectivity index (χ2v) is 6.98. The summed E-state index contributed by atoms with van der Waals surface area (Å²) >= 11 is 0. The minimum atomic E-state index is 0.00380. The molecule has 1 amide bonds. The van der Waals surface area contributed by atoms with Crippen molar-refractivity contribution in [1.82, 2.24) is 5.43 Å². The normalized spacial score (nSPS) is 18.8. The summed E-state index contributed by atoms with van der Waals surface area (Å²) in [6.45, 7) is 1.92. The molecule has 1 aliphatic carbocycles. The number of rotatable bonds is 5. The van der Waals surface area contributed by atoms with E-state index in [1.165, 1.54) is 16.7 Å². The molecule has 0 aliphatic heterocycles. The number of nitrogens with zero attached hydrogens (tertiary/aromatic N) is 1. The van der Waals surface area contributed by atoms with E-state index >= 15 is 0 Å². The molecule has 2 atom stereocenters. The molecule has 0 saturated heterocycles. The minimum Gasteiger partial charge on any atom is -0.273 e. The van der Waals surface area contributed by atoms with Crippen molar-refractivity contribution in [2.24, 2.45) is 11.0 Å². The Labute approximate surface area is 159 Å². The zero-order valence-electron chi connectivity index (χ0n) is 15.3. The van der Waals surface area contributed by atoms with E-state index in [1.807, 2.05) is 55.5 Å². The van der Waals surface area contributed by atoms with Crippen LogP contribution < -0.4 is 5.43 Å². The van der Waals surface area contributed by atoms with Crippen LogP contribution >= 0.6 is 0 Å². The third kappa shape index (κ3) is 3.98. The highest BCUT2D eigenvalue weighted by molar-refractivity contribution is 5.99. The van der Waals surface area contributed by atoms with Crippen LogP contribution in [0.4, 0.5) is 0 Å². The number of carbonyl (C=O) groups excluding carboxylic acids is 1. The standard InChI is InChI=1S/C24H22N2O/c1-17(18-12-14-20(15-13-18)19-8-4-2-5-9-19)25-26-24(27)23-16-22(23)21-10-6-3-7-11-21/h2-15,22-23H,16H2,1H3,(H,26,27)/b25-17-/t22-,23-/m1/s1. The van der Waals surface area contributed by atoms with Crippen molar-refractivity contribution < 1.29 is 4.79 Å². The van der Waals surface area contributed by atoms with Gasteiger partial charge in [0, 0.05) is 5.92 Å². The molecule has 134 valence electrons. The molecule has 0 radical (unpaired) electrons. The Morgan fingerprint density at radius 1 is 0.852 bits per heavy atom. The van der Waals surface area contributed by atoms with Crippen molar-refractivity contribution in [3.8, 4) is 11.1 Å². The van der Waals surface area contributed by atoms with Gasteiger partial charge in [-0.15, -0.1) is 0 Å². The molecule has 0 unspecified atom stereocenters. The Morgan fingerprint density at radius 3 is 2.11 bits per heavy atom. The van der Waals surface area contributed by atoms with Gasteiger partial charge in [0.1, 0.15) is 0 Å². The van der Waals surface area contributed by atoms with E-state index < -0.39 is 0 Å².